The normalized spacial score (nSPS) is 12.5. The van der Waals surface area contributed by atoms with Gasteiger partial charge in [-0.25, -0.2) is 4.98 Å². The number of rotatable bonds is 7. The van der Waals surface area contributed by atoms with Crippen LogP contribution in [0.3, 0.4) is 0 Å². The van der Waals surface area contributed by atoms with Crippen LogP contribution in [0.15, 0.2) is 54.7 Å². The first kappa shape index (κ1) is 20.8. The molecule has 0 saturated carbocycles. The van der Waals surface area contributed by atoms with Crippen molar-refractivity contribution in [1.82, 2.24) is 24.5 Å². The molecule has 8 nitrogen and oxygen atoms in total. The van der Waals surface area contributed by atoms with E-state index in [1.165, 1.54) is 0 Å². The minimum absolute atomic E-state index is 0.162. The number of carbonyl (C=O) groups excluding carboxylic acids is 2. The molecule has 2 aromatic heterocycles. The summed E-state index contributed by atoms with van der Waals surface area (Å²) in [6.07, 6.45) is 3.93. The van der Waals surface area contributed by atoms with Crippen molar-refractivity contribution >= 4 is 11.6 Å². The second-order valence-electron chi connectivity index (χ2n) is 7.98. The Bertz CT molecular complexity index is 1370. The summed E-state index contributed by atoms with van der Waals surface area (Å²) in [7, 11) is 1.59. The Morgan fingerprint density at radius 1 is 1.00 bits per heavy atom. The van der Waals surface area contributed by atoms with Gasteiger partial charge >= 0.3 is 0 Å². The molecule has 4 aromatic rings. The highest BCUT2D eigenvalue weighted by Crippen LogP contribution is 2.32. The number of benzene rings is 2. The first-order chi connectivity index (χ1) is 16.1. The summed E-state index contributed by atoms with van der Waals surface area (Å²) in [4.78, 5) is 31.4. The molecule has 1 aliphatic carbocycles. The van der Waals surface area contributed by atoms with E-state index in [1.807, 2.05) is 30.5 Å². The van der Waals surface area contributed by atoms with E-state index < -0.39 is 0 Å². The number of hydrogen-bond acceptors (Lipinski definition) is 6. The van der Waals surface area contributed by atoms with Crippen LogP contribution in [0.25, 0.3) is 11.4 Å². The van der Waals surface area contributed by atoms with Crippen LogP contribution in [0.4, 0.5) is 0 Å². The molecule has 0 atom stereocenters. The zero-order valence-electron chi connectivity index (χ0n) is 18.5. The molecular formula is C25H23N5O3. The average Bonchev–Trinajstić information content (AvgIpc) is 3.46. The first-order valence-electron chi connectivity index (χ1n) is 10.9. The van der Waals surface area contributed by atoms with Crippen LogP contribution in [-0.2, 0) is 13.1 Å². The summed E-state index contributed by atoms with van der Waals surface area (Å²) in [5, 5.41) is 8.50. The standard InChI is InChI=1S/C25H23N5O3/c1-3-4-12-29-14-17(27-28-29)15-30-22-21(23(31)19-10-5-6-11-20(19)24(22)32)26-25(30)16-8-7-9-18(13-16)33-2/h5-11,13-14H,3-4,12,15H2,1-2H3. The van der Waals surface area contributed by atoms with Gasteiger partial charge in [-0.2, -0.15) is 0 Å². The van der Waals surface area contributed by atoms with Gasteiger partial charge in [-0.15, -0.1) is 5.10 Å². The molecular weight excluding hydrogens is 418 g/mol. The highest BCUT2D eigenvalue weighted by Gasteiger charge is 2.36. The van der Waals surface area contributed by atoms with Crippen molar-refractivity contribution in [3.63, 3.8) is 0 Å². The minimum Gasteiger partial charge on any atom is -0.497 e. The molecule has 0 amide bonds. The van der Waals surface area contributed by atoms with Gasteiger partial charge in [0.05, 0.1) is 19.9 Å². The Hall–Kier alpha value is -4.07. The van der Waals surface area contributed by atoms with Crippen LogP contribution in [0.5, 0.6) is 5.75 Å². The van der Waals surface area contributed by atoms with E-state index in [0.717, 1.165) is 24.9 Å². The summed E-state index contributed by atoms with van der Waals surface area (Å²) < 4.78 is 8.95. The third-order valence-electron chi connectivity index (χ3n) is 5.79. The summed E-state index contributed by atoms with van der Waals surface area (Å²) in [5.74, 6) is 0.693. The molecule has 0 aliphatic heterocycles. The number of carbonyl (C=O) groups is 2. The van der Waals surface area contributed by atoms with Crippen LogP contribution in [-0.4, -0.2) is 43.2 Å². The van der Waals surface area contributed by atoms with E-state index in [0.29, 0.717) is 28.4 Å². The average molecular weight is 441 g/mol. The fourth-order valence-corrected chi connectivity index (χ4v) is 4.11. The zero-order valence-corrected chi connectivity index (χ0v) is 18.5. The summed E-state index contributed by atoms with van der Waals surface area (Å²) in [6.45, 7) is 3.16. The summed E-state index contributed by atoms with van der Waals surface area (Å²) in [5.41, 5.74) is 2.64. The smallest absolute Gasteiger partial charge is 0.214 e. The number of ether oxygens (including phenoxy) is 1. The number of fused-ring (bicyclic) bond motifs is 2. The molecule has 0 saturated heterocycles. The molecule has 2 heterocycles. The number of imidazole rings is 1. The maximum Gasteiger partial charge on any atom is 0.214 e. The van der Waals surface area contributed by atoms with Crippen molar-refractivity contribution in [2.24, 2.45) is 0 Å². The molecule has 0 N–H and O–H groups in total. The Morgan fingerprint density at radius 2 is 1.79 bits per heavy atom. The van der Waals surface area contributed by atoms with Crippen molar-refractivity contribution in [2.45, 2.75) is 32.9 Å². The number of ketones is 2. The van der Waals surface area contributed by atoms with Crippen LogP contribution >= 0.6 is 0 Å². The second-order valence-corrected chi connectivity index (χ2v) is 7.98. The van der Waals surface area contributed by atoms with Crippen molar-refractivity contribution in [3.8, 4) is 17.1 Å². The monoisotopic (exact) mass is 441 g/mol. The zero-order chi connectivity index (χ0) is 22.9. The molecule has 0 spiro atoms. The molecule has 0 radical (unpaired) electrons. The molecule has 166 valence electrons. The number of hydrogen-bond donors (Lipinski definition) is 0. The molecule has 0 fully saturated rings. The third-order valence-corrected chi connectivity index (χ3v) is 5.79. The highest BCUT2D eigenvalue weighted by atomic mass is 16.5. The van der Waals surface area contributed by atoms with Gasteiger partial charge in [-0.3, -0.25) is 14.3 Å². The lowest BCUT2D eigenvalue weighted by Gasteiger charge is -2.16. The predicted molar refractivity (Wildman–Crippen MR) is 122 cm³/mol. The van der Waals surface area contributed by atoms with Crippen LogP contribution < -0.4 is 4.74 Å². The van der Waals surface area contributed by atoms with Crippen LogP contribution in [0.1, 0.15) is 57.6 Å². The van der Waals surface area contributed by atoms with E-state index in [9.17, 15) is 9.59 Å². The van der Waals surface area contributed by atoms with Gasteiger partial charge in [-0.1, -0.05) is 55.0 Å². The maximum atomic E-state index is 13.5. The number of aromatic nitrogens is 5. The highest BCUT2D eigenvalue weighted by molar-refractivity contribution is 6.27. The number of methoxy groups -OCH3 is 1. The van der Waals surface area contributed by atoms with Gasteiger partial charge < -0.3 is 9.30 Å². The lowest BCUT2D eigenvalue weighted by molar-refractivity contribution is 0.0971. The number of unbranched alkanes of at least 4 members (excludes halogenated alkanes) is 1. The number of nitrogens with zero attached hydrogens (tertiary/aromatic N) is 5. The number of aryl methyl sites for hydroxylation is 1. The van der Waals surface area contributed by atoms with E-state index in [1.54, 1.807) is 40.6 Å². The van der Waals surface area contributed by atoms with Crippen LogP contribution in [0.2, 0.25) is 0 Å². The fourth-order valence-electron chi connectivity index (χ4n) is 4.11. The topological polar surface area (TPSA) is 91.9 Å². The largest absolute Gasteiger partial charge is 0.497 e. The van der Waals surface area contributed by atoms with Crippen LogP contribution in [0, 0.1) is 0 Å². The quantitative estimate of drug-likeness (QED) is 0.382. The van der Waals surface area contributed by atoms with Crippen molar-refractivity contribution in [3.05, 3.63) is 82.9 Å². The van der Waals surface area contributed by atoms with Gasteiger partial charge in [0, 0.05) is 23.2 Å². The second kappa shape index (κ2) is 8.46. The van der Waals surface area contributed by atoms with Gasteiger partial charge in [0.15, 0.2) is 0 Å². The Balaban J connectivity index is 1.66. The van der Waals surface area contributed by atoms with E-state index in [2.05, 4.69) is 22.2 Å². The Kier molecular flexibility index (Phi) is 5.34. The lowest BCUT2D eigenvalue weighted by Crippen LogP contribution is -2.23. The van der Waals surface area contributed by atoms with E-state index in [-0.39, 0.29) is 29.5 Å². The molecule has 0 bridgehead atoms. The molecule has 0 unspecified atom stereocenters. The van der Waals surface area contributed by atoms with Gasteiger partial charge in [0.2, 0.25) is 11.6 Å². The van der Waals surface area contributed by atoms with E-state index >= 15 is 0 Å². The van der Waals surface area contributed by atoms with E-state index in [4.69, 9.17) is 4.74 Å². The van der Waals surface area contributed by atoms with Gasteiger partial charge in [-0.05, 0) is 18.6 Å². The van der Waals surface area contributed by atoms with Gasteiger partial charge in [0.25, 0.3) is 0 Å². The van der Waals surface area contributed by atoms with Gasteiger partial charge in [0.1, 0.15) is 28.7 Å². The molecule has 8 heteroatoms. The molecule has 33 heavy (non-hydrogen) atoms. The summed E-state index contributed by atoms with van der Waals surface area (Å²) >= 11 is 0. The van der Waals surface area contributed by atoms with Crippen molar-refractivity contribution in [2.75, 3.05) is 7.11 Å². The predicted octanol–water partition coefficient (Wildman–Crippen LogP) is 3.77. The minimum atomic E-state index is -0.255. The fraction of sp³-hybridized carbons (Fsp3) is 0.240. The third kappa shape index (κ3) is 3.63. The maximum absolute atomic E-state index is 13.5. The Labute approximate surface area is 190 Å². The lowest BCUT2D eigenvalue weighted by atomic mass is 9.90. The Morgan fingerprint density at radius 3 is 2.55 bits per heavy atom. The van der Waals surface area contributed by atoms with Crippen molar-refractivity contribution in [1.29, 1.82) is 0 Å². The molecule has 1 aliphatic rings. The first-order valence-corrected chi connectivity index (χ1v) is 10.9. The SMILES string of the molecule is CCCCn1cc(Cn2c(-c3cccc(OC)c3)nc3c2C(=O)c2ccccc2C3=O)nn1. The van der Waals surface area contributed by atoms with Crippen molar-refractivity contribution < 1.29 is 14.3 Å². The molecule has 2 aromatic carbocycles. The summed E-state index contributed by atoms with van der Waals surface area (Å²) in [6, 6.07) is 14.3. The molecule has 5 rings (SSSR count).